The zero-order valence-corrected chi connectivity index (χ0v) is 12.5. The fraction of sp³-hybridized carbons (Fsp3) is 0.0714. The second-order valence-corrected chi connectivity index (χ2v) is 5.20. The molecule has 3 aromatic rings. The minimum Gasteiger partial charge on any atom is -0.506 e. The highest BCUT2D eigenvalue weighted by Gasteiger charge is 2.05. The molecular formula is C14H12BrN5O. The maximum Gasteiger partial charge on any atom is 0.155 e. The lowest BCUT2D eigenvalue weighted by Crippen LogP contribution is -2.02. The number of nitrogens with one attached hydrogen (secondary N) is 1. The maximum absolute atomic E-state index is 9.92. The van der Waals surface area contributed by atoms with Gasteiger partial charge in [-0.1, -0.05) is 12.1 Å². The molecule has 0 saturated carbocycles. The number of pyridine rings is 1. The Bertz CT molecular complexity index is 728. The van der Waals surface area contributed by atoms with E-state index in [1.165, 1.54) is 6.33 Å². The van der Waals surface area contributed by atoms with Gasteiger partial charge in [0.1, 0.15) is 18.4 Å². The lowest BCUT2D eigenvalue weighted by molar-refractivity contribution is 0.465. The van der Waals surface area contributed by atoms with Gasteiger partial charge in [-0.15, -0.1) is 0 Å². The number of benzene rings is 1. The van der Waals surface area contributed by atoms with Crippen molar-refractivity contribution < 1.29 is 5.11 Å². The van der Waals surface area contributed by atoms with Gasteiger partial charge >= 0.3 is 0 Å². The molecule has 21 heavy (non-hydrogen) atoms. The highest BCUT2D eigenvalue weighted by atomic mass is 79.9. The van der Waals surface area contributed by atoms with Crippen LogP contribution < -0.4 is 5.32 Å². The fourth-order valence-electron chi connectivity index (χ4n) is 1.85. The molecule has 0 aliphatic carbocycles. The van der Waals surface area contributed by atoms with Gasteiger partial charge < -0.3 is 10.4 Å². The summed E-state index contributed by atoms with van der Waals surface area (Å²) in [4.78, 5) is 8.18. The summed E-state index contributed by atoms with van der Waals surface area (Å²) in [5.41, 5.74) is 1.67. The molecule has 0 radical (unpaired) electrons. The van der Waals surface area contributed by atoms with Gasteiger partial charge in [0, 0.05) is 12.1 Å². The fourth-order valence-corrected chi connectivity index (χ4v) is 2.26. The van der Waals surface area contributed by atoms with Crippen LogP contribution in [0.25, 0.3) is 5.82 Å². The van der Waals surface area contributed by atoms with E-state index < -0.39 is 0 Å². The maximum atomic E-state index is 9.92. The van der Waals surface area contributed by atoms with Crippen molar-refractivity contribution >= 4 is 21.6 Å². The predicted octanol–water partition coefficient (Wildman–Crippen LogP) is 2.74. The zero-order valence-electron chi connectivity index (χ0n) is 10.9. The monoisotopic (exact) mass is 345 g/mol. The molecule has 106 valence electrons. The molecule has 0 aliphatic heterocycles. The molecule has 7 heteroatoms. The van der Waals surface area contributed by atoms with Gasteiger partial charge in [0.2, 0.25) is 0 Å². The number of hydrogen-bond acceptors (Lipinski definition) is 5. The van der Waals surface area contributed by atoms with Crippen molar-refractivity contribution in [3.8, 4) is 11.6 Å². The SMILES string of the molecule is Oc1c(Br)cccc1CNc1ccc(-n2cncn2)nc1. The molecule has 2 aromatic heterocycles. The van der Waals surface area contributed by atoms with E-state index in [0.29, 0.717) is 16.8 Å². The normalized spacial score (nSPS) is 10.5. The first-order chi connectivity index (χ1) is 10.2. The van der Waals surface area contributed by atoms with Crippen LogP contribution in [-0.4, -0.2) is 24.9 Å². The first-order valence-corrected chi connectivity index (χ1v) is 7.04. The molecular weight excluding hydrogens is 334 g/mol. The van der Waals surface area contributed by atoms with Crippen molar-refractivity contribution in [3.05, 3.63) is 59.2 Å². The Hall–Kier alpha value is -2.41. The molecule has 6 nitrogen and oxygen atoms in total. The van der Waals surface area contributed by atoms with Crippen LogP contribution in [-0.2, 0) is 6.54 Å². The third kappa shape index (κ3) is 3.03. The van der Waals surface area contributed by atoms with Crippen LogP contribution in [0, 0.1) is 0 Å². The largest absolute Gasteiger partial charge is 0.506 e. The Morgan fingerprint density at radius 2 is 2.14 bits per heavy atom. The number of nitrogens with zero attached hydrogens (tertiary/aromatic N) is 4. The quantitative estimate of drug-likeness (QED) is 0.760. The Balaban J connectivity index is 1.70. The number of rotatable bonds is 4. The highest BCUT2D eigenvalue weighted by molar-refractivity contribution is 9.10. The number of anilines is 1. The summed E-state index contributed by atoms with van der Waals surface area (Å²) in [7, 11) is 0. The van der Waals surface area contributed by atoms with Crippen LogP contribution >= 0.6 is 15.9 Å². The van der Waals surface area contributed by atoms with Crippen molar-refractivity contribution in [1.29, 1.82) is 0 Å². The Kier molecular flexibility index (Phi) is 3.83. The number of halogens is 1. The molecule has 0 saturated heterocycles. The second kappa shape index (κ2) is 5.92. The standard InChI is InChI=1S/C14H12BrN5O/c15-12-3-1-2-10(14(12)21)6-17-11-4-5-13(18-7-11)20-9-16-8-19-20/h1-5,7-9,17,21H,6H2. The van der Waals surface area contributed by atoms with E-state index in [2.05, 4.69) is 36.3 Å². The highest BCUT2D eigenvalue weighted by Crippen LogP contribution is 2.27. The third-order valence-electron chi connectivity index (χ3n) is 2.95. The average Bonchev–Trinajstić information content (AvgIpc) is 3.04. The molecule has 2 N–H and O–H groups in total. The molecule has 0 unspecified atom stereocenters. The Labute approximate surface area is 129 Å². The van der Waals surface area contributed by atoms with Crippen molar-refractivity contribution in [2.75, 3.05) is 5.32 Å². The van der Waals surface area contributed by atoms with E-state index in [-0.39, 0.29) is 5.75 Å². The molecule has 2 heterocycles. The smallest absolute Gasteiger partial charge is 0.155 e. The molecule has 3 rings (SSSR count). The number of aromatic hydroxyl groups is 1. The van der Waals surface area contributed by atoms with Crippen LogP contribution in [0.15, 0.2) is 53.7 Å². The summed E-state index contributed by atoms with van der Waals surface area (Å²) in [5, 5.41) is 17.2. The molecule has 0 spiro atoms. The summed E-state index contributed by atoms with van der Waals surface area (Å²) >= 11 is 3.30. The first-order valence-electron chi connectivity index (χ1n) is 6.25. The zero-order chi connectivity index (χ0) is 14.7. The van der Waals surface area contributed by atoms with E-state index in [1.54, 1.807) is 23.3 Å². The van der Waals surface area contributed by atoms with Crippen LogP contribution in [0.2, 0.25) is 0 Å². The predicted molar refractivity (Wildman–Crippen MR) is 82.3 cm³/mol. The number of para-hydroxylation sites is 1. The van der Waals surface area contributed by atoms with E-state index >= 15 is 0 Å². The van der Waals surface area contributed by atoms with Crippen LogP contribution in [0.1, 0.15) is 5.56 Å². The summed E-state index contributed by atoms with van der Waals surface area (Å²) in [6.07, 6.45) is 4.77. The van der Waals surface area contributed by atoms with Crippen LogP contribution in [0.3, 0.4) is 0 Å². The van der Waals surface area contributed by atoms with E-state index in [0.717, 1.165) is 11.3 Å². The molecule has 1 aromatic carbocycles. The Morgan fingerprint density at radius 3 is 2.86 bits per heavy atom. The van der Waals surface area contributed by atoms with E-state index in [1.807, 2.05) is 24.3 Å². The first kappa shape index (κ1) is 13.6. The van der Waals surface area contributed by atoms with Gasteiger partial charge in [0.05, 0.1) is 16.4 Å². The van der Waals surface area contributed by atoms with Gasteiger partial charge in [-0.2, -0.15) is 5.10 Å². The minimum atomic E-state index is 0.247. The lowest BCUT2D eigenvalue weighted by Gasteiger charge is -2.09. The van der Waals surface area contributed by atoms with Crippen molar-refractivity contribution in [3.63, 3.8) is 0 Å². The summed E-state index contributed by atoms with van der Waals surface area (Å²) < 4.78 is 2.27. The topological polar surface area (TPSA) is 75.9 Å². The molecule has 0 atom stereocenters. The van der Waals surface area contributed by atoms with E-state index in [9.17, 15) is 5.11 Å². The number of aromatic nitrogens is 4. The van der Waals surface area contributed by atoms with Gasteiger partial charge in [-0.05, 0) is 34.1 Å². The average molecular weight is 346 g/mol. The number of phenols is 1. The summed E-state index contributed by atoms with van der Waals surface area (Å²) in [5.74, 6) is 0.945. The minimum absolute atomic E-state index is 0.247. The number of phenolic OH excluding ortho intramolecular Hbond substituents is 1. The molecule has 0 bridgehead atoms. The summed E-state index contributed by atoms with van der Waals surface area (Å²) in [6, 6.07) is 9.29. The van der Waals surface area contributed by atoms with Gasteiger partial charge in [0.25, 0.3) is 0 Å². The van der Waals surface area contributed by atoms with Crippen molar-refractivity contribution in [2.45, 2.75) is 6.54 Å². The van der Waals surface area contributed by atoms with Gasteiger partial charge in [-0.3, -0.25) is 0 Å². The Morgan fingerprint density at radius 1 is 1.24 bits per heavy atom. The summed E-state index contributed by atoms with van der Waals surface area (Å²) in [6.45, 7) is 0.510. The van der Waals surface area contributed by atoms with Crippen molar-refractivity contribution in [1.82, 2.24) is 19.7 Å². The number of hydrogen-bond donors (Lipinski definition) is 2. The lowest BCUT2D eigenvalue weighted by atomic mass is 10.2. The van der Waals surface area contributed by atoms with E-state index in [4.69, 9.17) is 0 Å². The molecule has 0 amide bonds. The van der Waals surface area contributed by atoms with Crippen LogP contribution in [0.4, 0.5) is 5.69 Å². The third-order valence-corrected chi connectivity index (χ3v) is 3.59. The second-order valence-electron chi connectivity index (χ2n) is 4.35. The van der Waals surface area contributed by atoms with Gasteiger partial charge in [-0.25, -0.2) is 14.6 Å². The molecule has 0 fully saturated rings. The molecule has 0 aliphatic rings. The van der Waals surface area contributed by atoms with Crippen LogP contribution in [0.5, 0.6) is 5.75 Å². The van der Waals surface area contributed by atoms with Crippen molar-refractivity contribution in [2.24, 2.45) is 0 Å². The van der Waals surface area contributed by atoms with Gasteiger partial charge in [0.15, 0.2) is 5.82 Å².